The van der Waals surface area contributed by atoms with Crippen LogP contribution >= 0.6 is 0 Å². The fraction of sp³-hybridized carbons (Fsp3) is 0.263. The van der Waals surface area contributed by atoms with Crippen molar-refractivity contribution in [3.63, 3.8) is 0 Å². The Morgan fingerprint density at radius 2 is 1.80 bits per heavy atom. The Labute approximate surface area is 146 Å². The van der Waals surface area contributed by atoms with Crippen LogP contribution in [0.25, 0.3) is 0 Å². The molecular weight excluding hydrogens is 323 g/mol. The lowest BCUT2D eigenvalue weighted by Gasteiger charge is -2.21. The van der Waals surface area contributed by atoms with Gasteiger partial charge in [-0.2, -0.15) is 0 Å². The molecule has 0 aliphatic rings. The van der Waals surface area contributed by atoms with Crippen molar-refractivity contribution >= 4 is 17.5 Å². The van der Waals surface area contributed by atoms with E-state index in [2.05, 4.69) is 5.32 Å². The number of nitrogens with zero attached hydrogens (tertiary/aromatic N) is 1. The topological polar surface area (TPSA) is 58.6 Å². The zero-order chi connectivity index (χ0) is 18.2. The lowest BCUT2D eigenvalue weighted by Crippen LogP contribution is -2.38. The van der Waals surface area contributed by atoms with Gasteiger partial charge in [-0.1, -0.05) is 18.2 Å². The van der Waals surface area contributed by atoms with Crippen LogP contribution < -0.4 is 10.1 Å². The molecule has 0 aliphatic carbocycles. The number of carbonyl (C=O) groups excluding carboxylic acids is 2. The largest absolute Gasteiger partial charge is 0.496 e. The summed E-state index contributed by atoms with van der Waals surface area (Å²) >= 11 is 0. The molecule has 0 heterocycles. The number of amides is 2. The zero-order valence-electron chi connectivity index (χ0n) is 14.3. The average Bonchev–Trinajstić information content (AvgIpc) is 2.60. The summed E-state index contributed by atoms with van der Waals surface area (Å²) in [6, 6.07) is 13.0. The number of carbonyl (C=O) groups is 2. The van der Waals surface area contributed by atoms with Gasteiger partial charge in [-0.15, -0.1) is 0 Å². The fourth-order valence-electron chi connectivity index (χ4n) is 2.42. The van der Waals surface area contributed by atoms with E-state index in [9.17, 15) is 14.0 Å². The fourth-order valence-corrected chi connectivity index (χ4v) is 2.42. The van der Waals surface area contributed by atoms with Crippen LogP contribution in [0.3, 0.4) is 0 Å². The summed E-state index contributed by atoms with van der Waals surface area (Å²) in [4.78, 5) is 25.4. The number of benzene rings is 2. The number of ether oxygens (including phenoxy) is 1. The molecule has 2 aromatic rings. The van der Waals surface area contributed by atoms with Gasteiger partial charge in [-0.05, 0) is 42.3 Å². The molecule has 2 rings (SSSR count). The number of nitrogens with one attached hydrogen (secondary N) is 1. The second kappa shape index (κ2) is 8.82. The van der Waals surface area contributed by atoms with Crippen LogP contribution in [-0.4, -0.2) is 36.9 Å². The van der Waals surface area contributed by atoms with E-state index >= 15 is 0 Å². The van der Waals surface area contributed by atoms with Crippen LogP contribution in [0.1, 0.15) is 12.5 Å². The number of methoxy groups -OCH3 is 1. The SMILES string of the molecule is COc1ccccc1CCN(CC(=O)Nc1ccc(F)cc1)C(C)=O. The molecule has 132 valence electrons. The second-order valence-corrected chi connectivity index (χ2v) is 5.56. The summed E-state index contributed by atoms with van der Waals surface area (Å²) in [5.41, 5.74) is 1.45. The Morgan fingerprint density at radius 3 is 2.44 bits per heavy atom. The minimum atomic E-state index is -0.375. The minimum absolute atomic E-state index is 0.0676. The number of anilines is 1. The van der Waals surface area contributed by atoms with Crippen LogP contribution in [-0.2, 0) is 16.0 Å². The monoisotopic (exact) mass is 344 g/mol. The van der Waals surface area contributed by atoms with Crippen molar-refractivity contribution in [2.45, 2.75) is 13.3 Å². The number of para-hydroxylation sites is 1. The van der Waals surface area contributed by atoms with Crippen LogP contribution in [0.4, 0.5) is 10.1 Å². The van der Waals surface area contributed by atoms with E-state index in [1.165, 1.54) is 36.1 Å². The first-order valence-corrected chi connectivity index (χ1v) is 7.92. The third-order valence-electron chi connectivity index (χ3n) is 3.75. The summed E-state index contributed by atoms with van der Waals surface area (Å²) in [5.74, 6) is -0.145. The highest BCUT2D eigenvalue weighted by Gasteiger charge is 2.15. The van der Waals surface area contributed by atoms with Gasteiger partial charge < -0.3 is 15.0 Å². The number of hydrogen-bond acceptors (Lipinski definition) is 3. The van der Waals surface area contributed by atoms with Crippen molar-refractivity contribution < 1.29 is 18.7 Å². The average molecular weight is 344 g/mol. The third kappa shape index (κ3) is 5.60. The van der Waals surface area contributed by atoms with E-state index in [-0.39, 0.29) is 24.2 Å². The predicted octanol–water partition coefficient (Wildman–Crippen LogP) is 2.86. The number of halogens is 1. The summed E-state index contributed by atoms with van der Waals surface area (Å²) in [5, 5.41) is 2.65. The standard InChI is InChI=1S/C19H21FN2O3/c1-14(23)22(12-11-15-5-3-4-6-18(15)25-2)13-19(24)21-17-9-7-16(20)8-10-17/h3-10H,11-13H2,1-2H3,(H,21,24). The molecule has 0 aliphatic heterocycles. The van der Waals surface area contributed by atoms with Crippen molar-refractivity contribution in [2.24, 2.45) is 0 Å². The molecule has 0 atom stereocenters. The molecule has 25 heavy (non-hydrogen) atoms. The molecule has 0 bridgehead atoms. The third-order valence-corrected chi connectivity index (χ3v) is 3.75. The predicted molar refractivity (Wildman–Crippen MR) is 94.0 cm³/mol. The second-order valence-electron chi connectivity index (χ2n) is 5.56. The highest BCUT2D eigenvalue weighted by atomic mass is 19.1. The Hall–Kier alpha value is -2.89. The Bertz CT molecular complexity index is 732. The van der Waals surface area contributed by atoms with Crippen molar-refractivity contribution in [3.8, 4) is 5.75 Å². The molecular formula is C19H21FN2O3. The van der Waals surface area contributed by atoms with Crippen LogP contribution in [0.5, 0.6) is 5.75 Å². The van der Waals surface area contributed by atoms with Crippen molar-refractivity contribution in [2.75, 3.05) is 25.5 Å². The van der Waals surface area contributed by atoms with E-state index in [0.717, 1.165) is 11.3 Å². The van der Waals surface area contributed by atoms with Gasteiger partial charge in [0.05, 0.1) is 13.7 Å². The number of rotatable bonds is 7. The Morgan fingerprint density at radius 1 is 1.12 bits per heavy atom. The van der Waals surface area contributed by atoms with Crippen molar-refractivity contribution in [1.82, 2.24) is 4.90 Å². The van der Waals surface area contributed by atoms with Gasteiger partial charge in [-0.3, -0.25) is 9.59 Å². The lowest BCUT2D eigenvalue weighted by atomic mass is 10.1. The maximum atomic E-state index is 12.9. The molecule has 0 saturated heterocycles. The number of hydrogen-bond donors (Lipinski definition) is 1. The molecule has 6 heteroatoms. The van der Waals surface area contributed by atoms with Crippen LogP contribution in [0.15, 0.2) is 48.5 Å². The lowest BCUT2D eigenvalue weighted by molar-refractivity contribution is -0.132. The van der Waals surface area contributed by atoms with E-state index < -0.39 is 0 Å². The first kappa shape index (κ1) is 18.4. The van der Waals surface area contributed by atoms with Gasteiger partial charge in [-0.25, -0.2) is 4.39 Å². The first-order valence-electron chi connectivity index (χ1n) is 7.92. The molecule has 5 nitrogen and oxygen atoms in total. The van der Waals surface area contributed by atoms with Crippen LogP contribution in [0.2, 0.25) is 0 Å². The first-order chi connectivity index (χ1) is 12.0. The van der Waals surface area contributed by atoms with Crippen molar-refractivity contribution in [1.29, 1.82) is 0 Å². The maximum absolute atomic E-state index is 12.9. The van der Waals surface area contributed by atoms with Crippen LogP contribution in [0, 0.1) is 5.82 Å². The molecule has 2 aromatic carbocycles. The minimum Gasteiger partial charge on any atom is -0.496 e. The van der Waals surface area contributed by atoms with Gasteiger partial charge in [0.25, 0.3) is 0 Å². The van der Waals surface area contributed by atoms with Gasteiger partial charge in [0.15, 0.2) is 0 Å². The van der Waals surface area contributed by atoms with E-state index in [0.29, 0.717) is 18.7 Å². The summed E-state index contributed by atoms with van der Waals surface area (Å²) in [6.45, 7) is 1.75. The molecule has 2 amide bonds. The summed E-state index contributed by atoms with van der Waals surface area (Å²) in [7, 11) is 1.59. The normalized spacial score (nSPS) is 10.2. The highest BCUT2D eigenvalue weighted by Crippen LogP contribution is 2.18. The van der Waals surface area contributed by atoms with E-state index in [4.69, 9.17) is 4.74 Å². The quantitative estimate of drug-likeness (QED) is 0.840. The van der Waals surface area contributed by atoms with Gasteiger partial charge in [0.2, 0.25) is 11.8 Å². The molecule has 0 unspecified atom stereocenters. The van der Waals surface area contributed by atoms with Crippen molar-refractivity contribution in [3.05, 3.63) is 59.9 Å². The maximum Gasteiger partial charge on any atom is 0.243 e. The zero-order valence-corrected chi connectivity index (χ0v) is 14.3. The smallest absolute Gasteiger partial charge is 0.243 e. The van der Waals surface area contributed by atoms with E-state index in [1.54, 1.807) is 7.11 Å². The molecule has 0 aromatic heterocycles. The van der Waals surface area contributed by atoms with Gasteiger partial charge in [0.1, 0.15) is 11.6 Å². The molecule has 1 N–H and O–H groups in total. The molecule has 0 spiro atoms. The van der Waals surface area contributed by atoms with E-state index in [1.807, 2.05) is 24.3 Å². The Kier molecular flexibility index (Phi) is 6.51. The summed E-state index contributed by atoms with van der Waals surface area (Å²) in [6.07, 6.45) is 0.577. The molecule has 0 radical (unpaired) electrons. The van der Waals surface area contributed by atoms with Gasteiger partial charge in [0, 0.05) is 19.2 Å². The highest BCUT2D eigenvalue weighted by molar-refractivity contribution is 5.94. The van der Waals surface area contributed by atoms with Gasteiger partial charge >= 0.3 is 0 Å². The molecule has 0 saturated carbocycles. The molecule has 0 fully saturated rings. The summed E-state index contributed by atoms with van der Waals surface area (Å²) < 4.78 is 18.2. The Balaban J connectivity index is 1.94.